The molecule has 2 fully saturated rings. The fourth-order valence-corrected chi connectivity index (χ4v) is 4.22. The molecule has 0 bridgehead atoms. The Bertz CT molecular complexity index is 225. The zero-order chi connectivity index (χ0) is 11.6. The van der Waals surface area contributed by atoms with Gasteiger partial charge >= 0.3 is 0 Å². The van der Waals surface area contributed by atoms with Crippen LogP contribution in [0.4, 0.5) is 0 Å². The van der Waals surface area contributed by atoms with E-state index in [-0.39, 0.29) is 5.54 Å². The van der Waals surface area contributed by atoms with Crippen molar-refractivity contribution in [2.75, 3.05) is 31.7 Å². The van der Waals surface area contributed by atoms with E-state index in [9.17, 15) is 0 Å². The molecule has 0 aromatic rings. The van der Waals surface area contributed by atoms with Crippen molar-refractivity contribution in [3.05, 3.63) is 0 Å². The van der Waals surface area contributed by atoms with E-state index >= 15 is 0 Å². The van der Waals surface area contributed by atoms with E-state index in [1.807, 2.05) is 0 Å². The van der Waals surface area contributed by atoms with Crippen molar-refractivity contribution in [2.45, 2.75) is 43.9 Å². The number of hydrogen-bond donors (Lipinski definition) is 1. The molecule has 0 spiro atoms. The molecule has 1 atom stereocenters. The van der Waals surface area contributed by atoms with E-state index in [0.29, 0.717) is 6.10 Å². The van der Waals surface area contributed by atoms with Crippen LogP contribution in [0.1, 0.15) is 26.2 Å². The highest BCUT2D eigenvalue weighted by molar-refractivity contribution is 7.99. The van der Waals surface area contributed by atoms with Gasteiger partial charge in [-0.3, -0.25) is 4.90 Å². The second-order valence-corrected chi connectivity index (χ2v) is 6.19. The van der Waals surface area contributed by atoms with Gasteiger partial charge in [-0.2, -0.15) is 11.8 Å². The fraction of sp³-hybridized carbons (Fsp3) is 1.00. The Morgan fingerprint density at radius 1 is 1.50 bits per heavy atom. The second-order valence-electron chi connectivity index (χ2n) is 5.04. The summed E-state index contributed by atoms with van der Waals surface area (Å²) in [5.74, 6) is 2.59. The van der Waals surface area contributed by atoms with Gasteiger partial charge in [0.2, 0.25) is 0 Å². The maximum absolute atomic E-state index is 5.99. The third-order valence-electron chi connectivity index (χ3n) is 4.20. The molecule has 0 radical (unpaired) electrons. The molecule has 2 rings (SSSR count). The molecule has 16 heavy (non-hydrogen) atoms. The van der Waals surface area contributed by atoms with Gasteiger partial charge in [0.05, 0.1) is 6.10 Å². The average Bonchev–Trinajstić information content (AvgIpc) is 2.75. The Morgan fingerprint density at radius 3 is 2.75 bits per heavy atom. The maximum atomic E-state index is 5.99. The first-order chi connectivity index (χ1) is 7.72. The van der Waals surface area contributed by atoms with Crippen LogP contribution in [0.25, 0.3) is 0 Å². The minimum Gasteiger partial charge on any atom is -0.378 e. The first kappa shape index (κ1) is 12.7. The molecule has 0 aromatic carbocycles. The molecular weight excluding hydrogens is 220 g/mol. The molecule has 3 nitrogen and oxygen atoms in total. The van der Waals surface area contributed by atoms with Crippen LogP contribution in [0.2, 0.25) is 0 Å². The van der Waals surface area contributed by atoms with E-state index in [1.54, 1.807) is 0 Å². The van der Waals surface area contributed by atoms with Crippen molar-refractivity contribution in [3.8, 4) is 0 Å². The largest absolute Gasteiger partial charge is 0.378 e. The van der Waals surface area contributed by atoms with E-state index < -0.39 is 0 Å². The molecule has 1 saturated carbocycles. The van der Waals surface area contributed by atoms with Gasteiger partial charge in [0, 0.05) is 30.5 Å². The smallest absolute Gasteiger partial charge is 0.0611 e. The fourth-order valence-electron chi connectivity index (χ4n) is 2.95. The Balaban J connectivity index is 1.90. The van der Waals surface area contributed by atoms with Crippen molar-refractivity contribution >= 4 is 11.8 Å². The number of likely N-dealkylation sites (N-methyl/N-ethyl adjacent to an activating group) is 1. The SMILES string of the molecule is CCOC1CC(CN)(N(C)C2CCSC2)C1. The van der Waals surface area contributed by atoms with Crippen LogP contribution in [0, 0.1) is 0 Å². The van der Waals surface area contributed by atoms with Crippen molar-refractivity contribution in [2.24, 2.45) is 5.73 Å². The number of nitrogens with two attached hydrogens (primary N) is 1. The van der Waals surface area contributed by atoms with Gasteiger partial charge < -0.3 is 10.5 Å². The lowest BCUT2D eigenvalue weighted by molar-refractivity contribution is -0.101. The summed E-state index contributed by atoms with van der Waals surface area (Å²) in [6.07, 6.45) is 4.01. The van der Waals surface area contributed by atoms with Crippen molar-refractivity contribution < 1.29 is 4.74 Å². The topological polar surface area (TPSA) is 38.5 Å². The predicted octanol–water partition coefficient (Wildman–Crippen LogP) is 1.32. The molecule has 1 saturated heterocycles. The summed E-state index contributed by atoms with van der Waals surface area (Å²) in [6, 6.07) is 0.733. The molecule has 0 aromatic heterocycles. The molecule has 94 valence electrons. The van der Waals surface area contributed by atoms with E-state index in [1.165, 1.54) is 17.9 Å². The zero-order valence-corrected chi connectivity index (χ0v) is 11.3. The van der Waals surface area contributed by atoms with Gasteiger partial charge in [0.25, 0.3) is 0 Å². The highest BCUT2D eigenvalue weighted by Crippen LogP contribution is 2.41. The van der Waals surface area contributed by atoms with Crippen molar-refractivity contribution in [1.29, 1.82) is 0 Å². The second kappa shape index (κ2) is 5.25. The lowest BCUT2D eigenvalue weighted by atomic mass is 9.72. The normalized spacial score (nSPS) is 39.0. The third kappa shape index (κ3) is 2.26. The quantitative estimate of drug-likeness (QED) is 0.791. The summed E-state index contributed by atoms with van der Waals surface area (Å²) in [7, 11) is 2.26. The Hall–Kier alpha value is 0.230. The molecule has 1 unspecified atom stereocenters. The summed E-state index contributed by atoms with van der Waals surface area (Å²) in [4.78, 5) is 2.54. The van der Waals surface area contributed by atoms with E-state index in [0.717, 1.165) is 32.0 Å². The number of nitrogens with zero attached hydrogens (tertiary/aromatic N) is 1. The van der Waals surface area contributed by atoms with Crippen LogP contribution >= 0.6 is 11.8 Å². The molecular formula is C12H24N2OS. The predicted molar refractivity (Wildman–Crippen MR) is 69.9 cm³/mol. The van der Waals surface area contributed by atoms with Crippen LogP contribution in [-0.2, 0) is 4.74 Å². The summed E-state index contributed by atoms with van der Waals surface area (Å²) in [5.41, 5.74) is 6.22. The summed E-state index contributed by atoms with van der Waals surface area (Å²) in [6.45, 7) is 3.67. The summed E-state index contributed by atoms with van der Waals surface area (Å²) in [5, 5.41) is 0. The highest BCUT2D eigenvalue weighted by atomic mass is 32.2. The Kier molecular flexibility index (Phi) is 4.16. The van der Waals surface area contributed by atoms with Gasteiger partial charge in [-0.05, 0) is 39.0 Å². The van der Waals surface area contributed by atoms with Crippen LogP contribution in [0.5, 0.6) is 0 Å². The standard InChI is InChI=1S/C12H24N2OS/c1-3-15-11-6-12(7-11,9-13)14(2)10-4-5-16-8-10/h10-11H,3-9,13H2,1-2H3. The number of ether oxygens (including phenoxy) is 1. The van der Waals surface area contributed by atoms with Gasteiger partial charge in [-0.25, -0.2) is 0 Å². The van der Waals surface area contributed by atoms with Gasteiger partial charge in [0.1, 0.15) is 0 Å². The van der Waals surface area contributed by atoms with Gasteiger partial charge in [-0.15, -0.1) is 0 Å². The van der Waals surface area contributed by atoms with Crippen molar-refractivity contribution in [1.82, 2.24) is 4.90 Å². The Labute approximate surface area is 103 Å². The highest BCUT2D eigenvalue weighted by Gasteiger charge is 2.48. The van der Waals surface area contributed by atoms with Gasteiger partial charge in [-0.1, -0.05) is 0 Å². The molecule has 2 N–H and O–H groups in total. The van der Waals surface area contributed by atoms with Crippen LogP contribution in [-0.4, -0.2) is 54.3 Å². The molecule has 1 aliphatic carbocycles. The monoisotopic (exact) mass is 244 g/mol. The molecule has 1 heterocycles. The average molecular weight is 244 g/mol. The van der Waals surface area contributed by atoms with Crippen LogP contribution in [0.3, 0.4) is 0 Å². The third-order valence-corrected chi connectivity index (χ3v) is 5.34. The molecule has 1 aliphatic heterocycles. The van der Waals surface area contributed by atoms with Crippen molar-refractivity contribution in [3.63, 3.8) is 0 Å². The number of thioether (sulfide) groups is 1. The lowest BCUT2D eigenvalue weighted by Crippen LogP contribution is -2.65. The maximum Gasteiger partial charge on any atom is 0.0611 e. The summed E-state index contributed by atoms with van der Waals surface area (Å²) < 4.78 is 5.66. The number of rotatable bonds is 5. The molecule has 0 amide bonds. The summed E-state index contributed by atoms with van der Waals surface area (Å²) >= 11 is 2.07. The minimum atomic E-state index is 0.232. The Morgan fingerprint density at radius 2 is 2.25 bits per heavy atom. The molecule has 2 aliphatic rings. The minimum absolute atomic E-state index is 0.232. The van der Waals surface area contributed by atoms with E-state index in [2.05, 4.69) is 30.6 Å². The molecule has 4 heteroatoms. The van der Waals surface area contributed by atoms with Gasteiger partial charge in [0.15, 0.2) is 0 Å². The zero-order valence-electron chi connectivity index (χ0n) is 10.4. The number of hydrogen-bond acceptors (Lipinski definition) is 4. The lowest BCUT2D eigenvalue weighted by Gasteiger charge is -2.54. The van der Waals surface area contributed by atoms with E-state index in [4.69, 9.17) is 10.5 Å². The van der Waals surface area contributed by atoms with Crippen LogP contribution in [0.15, 0.2) is 0 Å². The first-order valence-corrected chi connectivity index (χ1v) is 7.49. The van der Waals surface area contributed by atoms with Crippen LogP contribution < -0.4 is 5.73 Å². The first-order valence-electron chi connectivity index (χ1n) is 6.34.